The van der Waals surface area contributed by atoms with Gasteiger partial charge in [0.15, 0.2) is 0 Å². The quantitative estimate of drug-likeness (QED) is 0.616. The van der Waals surface area contributed by atoms with Crippen molar-refractivity contribution < 1.29 is 9.53 Å². The van der Waals surface area contributed by atoms with Crippen LogP contribution in [0.2, 0.25) is 0 Å². The van der Waals surface area contributed by atoms with Crippen LogP contribution in [0.15, 0.2) is 53.1 Å². The maximum Gasteiger partial charge on any atom is 0.219 e. The summed E-state index contributed by atoms with van der Waals surface area (Å²) < 4.78 is 8.76. The number of aromatic nitrogens is 1. The van der Waals surface area contributed by atoms with E-state index in [1.807, 2.05) is 19.1 Å². The topological polar surface area (TPSA) is 43.3 Å². The van der Waals surface area contributed by atoms with E-state index < -0.39 is 0 Å². The van der Waals surface area contributed by atoms with Crippen molar-refractivity contribution in [3.8, 4) is 5.75 Å². The van der Waals surface area contributed by atoms with E-state index in [4.69, 9.17) is 4.74 Å². The molecule has 4 nitrogen and oxygen atoms in total. The fraction of sp³-hybridized carbons (Fsp3) is 0.286. The summed E-state index contributed by atoms with van der Waals surface area (Å²) in [4.78, 5) is 11.5. The molecule has 0 radical (unpaired) electrons. The summed E-state index contributed by atoms with van der Waals surface area (Å²) >= 11 is 3.63. The number of nitrogens with zero attached hydrogens (tertiary/aromatic N) is 1. The molecule has 0 bridgehead atoms. The highest BCUT2D eigenvalue weighted by Gasteiger charge is 2.11. The fourth-order valence-corrected chi connectivity index (χ4v) is 3.49. The lowest BCUT2D eigenvalue weighted by atomic mass is 10.1. The number of carbonyl (C=O) groups excluding carboxylic acids is 1. The van der Waals surface area contributed by atoms with Gasteiger partial charge >= 0.3 is 0 Å². The molecule has 3 rings (SSSR count). The lowest BCUT2D eigenvalue weighted by Crippen LogP contribution is -2.24. The zero-order valence-corrected chi connectivity index (χ0v) is 16.7. The Morgan fingerprint density at radius 1 is 1.19 bits per heavy atom. The molecule has 0 aliphatic heterocycles. The summed E-state index contributed by atoms with van der Waals surface area (Å²) in [6, 6.07) is 14.4. The molecule has 3 aromatic rings. The van der Waals surface area contributed by atoms with Crippen molar-refractivity contribution in [2.45, 2.75) is 26.3 Å². The second kappa shape index (κ2) is 8.41. The van der Waals surface area contributed by atoms with E-state index in [0.717, 1.165) is 23.2 Å². The molecule has 0 saturated heterocycles. The average Bonchev–Trinajstić information content (AvgIpc) is 3.00. The Bertz CT molecular complexity index is 918. The molecular formula is C21H23BrN2O2. The van der Waals surface area contributed by atoms with Crippen LogP contribution in [0.1, 0.15) is 24.5 Å². The number of ether oxygens (including phenoxy) is 1. The lowest BCUT2D eigenvalue weighted by Gasteiger charge is -2.08. The molecular weight excluding hydrogens is 392 g/mol. The van der Waals surface area contributed by atoms with Gasteiger partial charge in [0, 0.05) is 41.1 Å². The Kier molecular flexibility index (Phi) is 5.99. The van der Waals surface area contributed by atoms with Crippen LogP contribution in [0.25, 0.3) is 10.9 Å². The number of amides is 1. The van der Waals surface area contributed by atoms with Crippen LogP contribution in [-0.4, -0.2) is 24.1 Å². The van der Waals surface area contributed by atoms with Crippen molar-refractivity contribution in [2.24, 2.45) is 0 Å². The van der Waals surface area contributed by atoms with Crippen molar-refractivity contribution >= 4 is 32.7 Å². The van der Waals surface area contributed by atoms with E-state index in [0.29, 0.717) is 13.0 Å². The minimum Gasteiger partial charge on any atom is -0.497 e. The van der Waals surface area contributed by atoms with Gasteiger partial charge in [-0.25, -0.2) is 0 Å². The summed E-state index contributed by atoms with van der Waals surface area (Å²) in [6.45, 7) is 3.29. The van der Waals surface area contributed by atoms with Gasteiger partial charge in [-0.1, -0.05) is 41.1 Å². The van der Waals surface area contributed by atoms with E-state index in [1.165, 1.54) is 22.0 Å². The van der Waals surface area contributed by atoms with Gasteiger partial charge < -0.3 is 14.6 Å². The first-order valence-corrected chi connectivity index (χ1v) is 9.57. The Balaban J connectivity index is 1.93. The molecule has 1 amide bonds. The van der Waals surface area contributed by atoms with Gasteiger partial charge in [-0.2, -0.15) is 0 Å². The third-order valence-corrected chi connectivity index (χ3v) is 5.28. The van der Waals surface area contributed by atoms with Gasteiger partial charge in [-0.3, -0.25) is 4.79 Å². The van der Waals surface area contributed by atoms with Crippen molar-refractivity contribution in [1.82, 2.24) is 9.88 Å². The van der Waals surface area contributed by atoms with E-state index in [1.54, 1.807) is 7.11 Å². The van der Waals surface area contributed by atoms with Crippen molar-refractivity contribution in [1.29, 1.82) is 0 Å². The summed E-state index contributed by atoms with van der Waals surface area (Å²) in [7, 11) is 1.68. The Labute approximate surface area is 162 Å². The van der Waals surface area contributed by atoms with E-state index in [9.17, 15) is 4.79 Å². The molecule has 0 fully saturated rings. The maximum absolute atomic E-state index is 11.5. The summed E-state index contributed by atoms with van der Waals surface area (Å²) in [5.74, 6) is 0.925. The molecule has 0 unspecified atom stereocenters. The zero-order chi connectivity index (χ0) is 18.5. The number of nitrogens with one attached hydrogen (secondary N) is 1. The SMILES string of the molecule is CCC(=O)NCCc1cn(Cc2ccccc2Br)c2ccc(OC)cc12. The van der Waals surface area contributed by atoms with Crippen LogP contribution >= 0.6 is 15.9 Å². The molecule has 136 valence electrons. The van der Waals surface area contributed by atoms with Crippen molar-refractivity contribution in [2.75, 3.05) is 13.7 Å². The molecule has 26 heavy (non-hydrogen) atoms. The Morgan fingerprint density at radius 2 is 2.00 bits per heavy atom. The van der Waals surface area contributed by atoms with E-state index in [-0.39, 0.29) is 5.91 Å². The number of hydrogen-bond donors (Lipinski definition) is 1. The number of fused-ring (bicyclic) bond motifs is 1. The molecule has 0 atom stereocenters. The minimum atomic E-state index is 0.0829. The van der Waals surface area contributed by atoms with Crippen molar-refractivity contribution in [3.05, 3.63) is 64.3 Å². The van der Waals surface area contributed by atoms with Crippen LogP contribution in [0.3, 0.4) is 0 Å². The molecule has 1 aromatic heterocycles. The molecule has 1 N–H and O–H groups in total. The maximum atomic E-state index is 11.5. The van der Waals surface area contributed by atoms with Crippen molar-refractivity contribution in [3.63, 3.8) is 0 Å². The average molecular weight is 415 g/mol. The van der Waals surface area contributed by atoms with Gasteiger partial charge in [0.05, 0.1) is 7.11 Å². The molecule has 0 aliphatic carbocycles. The fourth-order valence-electron chi connectivity index (χ4n) is 3.08. The highest BCUT2D eigenvalue weighted by Crippen LogP contribution is 2.28. The van der Waals surface area contributed by atoms with Gasteiger partial charge in [-0.15, -0.1) is 0 Å². The number of hydrogen-bond acceptors (Lipinski definition) is 2. The van der Waals surface area contributed by atoms with Crippen LogP contribution in [-0.2, 0) is 17.8 Å². The third kappa shape index (κ3) is 4.10. The van der Waals surface area contributed by atoms with Gasteiger partial charge in [0.2, 0.25) is 5.91 Å². The van der Waals surface area contributed by atoms with Gasteiger partial charge in [0.25, 0.3) is 0 Å². The number of halogens is 1. The lowest BCUT2D eigenvalue weighted by molar-refractivity contribution is -0.120. The number of benzene rings is 2. The second-order valence-corrected chi connectivity index (χ2v) is 7.06. The van der Waals surface area contributed by atoms with Gasteiger partial charge in [-0.05, 0) is 41.8 Å². The standard InChI is InChI=1S/C21H23BrN2O2/c1-3-21(25)23-11-10-15-13-24(14-16-6-4-5-7-19(16)22)20-9-8-17(26-2)12-18(15)20/h4-9,12-13H,3,10-11,14H2,1-2H3,(H,23,25). The Hall–Kier alpha value is -2.27. The molecule has 0 saturated carbocycles. The summed E-state index contributed by atoms with van der Waals surface area (Å²) in [5.41, 5.74) is 3.60. The van der Waals surface area contributed by atoms with Gasteiger partial charge in [0.1, 0.15) is 5.75 Å². The van der Waals surface area contributed by atoms with Crippen LogP contribution in [0.5, 0.6) is 5.75 Å². The number of methoxy groups -OCH3 is 1. The van der Waals surface area contributed by atoms with Crippen LogP contribution in [0.4, 0.5) is 0 Å². The first kappa shape index (κ1) is 18.5. The second-order valence-electron chi connectivity index (χ2n) is 6.21. The largest absolute Gasteiger partial charge is 0.497 e. The smallest absolute Gasteiger partial charge is 0.219 e. The third-order valence-electron chi connectivity index (χ3n) is 4.51. The molecule has 5 heteroatoms. The summed E-state index contributed by atoms with van der Waals surface area (Å²) in [6.07, 6.45) is 3.48. The first-order chi connectivity index (χ1) is 12.6. The van der Waals surface area contributed by atoms with Crippen LogP contribution in [0, 0.1) is 0 Å². The summed E-state index contributed by atoms with van der Waals surface area (Å²) in [5, 5.41) is 4.12. The molecule has 2 aromatic carbocycles. The molecule has 0 aliphatic rings. The highest BCUT2D eigenvalue weighted by atomic mass is 79.9. The first-order valence-electron chi connectivity index (χ1n) is 8.78. The molecule has 0 spiro atoms. The Morgan fingerprint density at radius 3 is 2.73 bits per heavy atom. The minimum absolute atomic E-state index is 0.0829. The van der Waals surface area contributed by atoms with E-state index >= 15 is 0 Å². The number of rotatable bonds is 7. The zero-order valence-electron chi connectivity index (χ0n) is 15.1. The molecule has 1 heterocycles. The highest BCUT2D eigenvalue weighted by molar-refractivity contribution is 9.10. The normalized spacial score (nSPS) is 10.9. The number of carbonyl (C=O) groups is 1. The predicted molar refractivity (Wildman–Crippen MR) is 109 cm³/mol. The van der Waals surface area contributed by atoms with Crippen LogP contribution < -0.4 is 10.1 Å². The van der Waals surface area contributed by atoms with E-state index in [2.05, 4.69) is 62.3 Å². The monoisotopic (exact) mass is 414 g/mol. The predicted octanol–water partition coefficient (Wildman–Crippen LogP) is 4.53.